The minimum atomic E-state index is -0.0833. The summed E-state index contributed by atoms with van der Waals surface area (Å²) in [6.45, 7) is 5.24. The highest BCUT2D eigenvalue weighted by atomic mass is 35.5. The first-order valence-corrected chi connectivity index (χ1v) is 8.90. The Morgan fingerprint density at radius 2 is 1.92 bits per heavy atom. The maximum absolute atomic E-state index is 12.4. The SMILES string of the molecule is CC1CC(NC(=O)c2cn(C3CCNCC3)nn2)CN1C1CC1.Cl.Cl. The summed E-state index contributed by atoms with van der Waals surface area (Å²) in [4.78, 5) is 15.0. The van der Waals surface area contributed by atoms with Crippen LogP contribution in [-0.4, -0.2) is 63.6 Å². The zero-order valence-corrected chi connectivity index (χ0v) is 16.2. The Labute approximate surface area is 161 Å². The van der Waals surface area contributed by atoms with Crippen molar-refractivity contribution in [3.63, 3.8) is 0 Å². The van der Waals surface area contributed by atoms with E-state index >= 15 is 0 Å². The standard InChI is InChI=1S/C16H26N6O.2ClH/c1-11-8-12(9-21(11)13-2-3-13)18-16(23)15-10-22(20-19-15)14-4-6-17-7-5-14;;/h10-14,17H,2-9H2,1H3,(H,18,23);2*1H. The molecule has 4 rings (SSSR count). The summed E-state index contributed by atoms with van der Waals surface area (Å²) in [7, 11) is 0. The molecule has 1 saturated carbocycles. The molecule has 2 aliphatic heterocycles. The number of nitrogens with one attached hydrogen (secondary N) is 2. The van der Waals surface area contributed by atoms with E-state index in [0.717, 1.165) is 44.9 Å². The Bertz CT molecular complexity index is 573. The van der Waals surface area contributed by atoms with Gasteiger partial charge in [0.15, 0.2) is 5.69 Å². The van der Waals surface area contributed by atoms with Crippen molar-refractivity contribution in [3.05, 3.63) is 11.9 Å². The molecule has 1 aromatic rings. The predicted molar refractivity (Wildman–Crippen MR) is 101 cm³/mol. The van der Waals surface area contributed by atoms with E-state index in [4.69, 9.17) is 0 Å². The van der Waals surface area contributed by atoms with E-state index in [9.17, 15) is 4.79 Å². The second kappa shape index (κ2) is 8.66. The van der Waals surface area contributed by atoms with Gasteiger partial charge in [-0.05, 0) is 52.1 Å². The van der Waals surface area contributed by atoms with Crippen molar-refractivity contribution in [2.45, 2.75) is 63.2 Å². The predicted octanol–water partition coefficient (Wildman–Crippen LogP) is 1.40. The summed E-state index contributed by atoms with van der Waals surface area (Å²) in [5.74, 6) is -0.0833. The van der Waals surface area contributed by atoms with E-state index in [-0.39, 0.29) is 36.8 Å². The lowest BCUT2D eigenvalue weighted by Crippen LogP contribution is -2.37. The average molecular weight is 391 g/mol. The van der Waals surface area contributed by atoms with Gasteiger partial charge in [-0.1, -0.05) is 5.21 Å². The molecule has 0 bridgehead atoms. The van der Waals surface area contributed by atoms with Gasteiger partial charge in [0.2, 0.25) is 0 Å². The van der Waals surface area contributed by atoms with Gasteiger partial charge in [-0.3, -0.25) is 9.69 Å². The fraction of sp³-hybridized carbons (Fsp3) is 0.812. The van der Waals surface area contributed by atoms with Crippen LogP contribution in [0, 0.1) is 0 Å². The lowest BCUT2D eigenvalue weighted by molar-refractivity contribution is 0.0932. The minimum Gasteiger partial charge on any atom is -0.347 e. The third kappa shape index (κ3) is 4.64. The monoisotopic (exact) mass is 390 g/mol. The van der Waals surface area contributed by atoms with Crippen molar-refractivity contribution >= 4 is 30.7 Å². The van der Waals surface area contributed by atoms with Crippen molar-refractivity contribution in [1.82, 2.24) is 30.5 Å². The second-order valence-electron chi connectivity index (χ2n) is 7.25. The van der Waals surface area contributed by atoms with Crippen LogP contribution in [0.2, 0.25) is 0 Å². The van der Waals surface area contributed by atoms with Crippen molar-refractivity contribution < 1.29 is 4.79 Å². The lowest BCUT2D eigenvalue weighted by atomic mass is 10.1. The molecule has 7 nitrogen and oxygen atoms in total. The van der Waals surface area contributed by atoms with Crippen molar-refractivity contribution in [2.24, 2.45) is 0 Å². The first-order chi connectivity index (χ1) is 11.2. The van der Waals surface area contributed by atoms with Crippen LogP contribution in [0.3, 0.4) is 0 Å². The van der Waals surface area contributed by atoms with Crippen LogP contribution in [0.4, 0.5) is 0 Å². The fourth-order valence-corrected chi connectivity index (χ4v) is 3.97. The molecule has 0 spiro atoms. The van der Waals surface area contributed by atoms with Crippen LogP contribution in [0.5, 0.6) is 0 Å². The smallest absolute Gasteiger partial charge is 0.273 e. The van der Waals surface area contributed by atoms with Gasteiger partial charge in [-0.15, -0.1) is 29.9 Å². The molecule has 2 atom stereocenters. The molecular formula is C16H28Cl2N6O. The number of carbonyl (C=O) groups is 1. The van der Waals surface area contributed by atoms with Crippen LogP contribution < -0.4 is 10.6 Å². The Morgan fingerprint density at radius 3 is 2.60 bits per heavy atom. The normalized spacial score (nSPS) is 27.4. The van der Waals surface area contributed by atoms with Gasteiger partial charge in [0.05, 0.1) is 12.2 Å². The van der Waals surface area contributed by atoms with E-state index in [2.05, 4.69) is 32.8 Å². The summed E-state index contributed by atoms with van der Waals surface area (Å²) < 4.78 is 1.86. The maximum Gasteiger partial charge on any atom is 0.273 e. The van der Waals surface area contributed by atoms with E-state index in [0.29, 0.717) is 17.8 Å². The largest absolute Gasteiger partial charge is 0.347 e. The molecule has 0 aromatic carbocycles. The third-order valence-corrected chi connectivity index (χ3v) is 5.40. The maximum atomic E-state index is 12.4. The zero-order chi connectivity index (χ0) is 15.8. The Hall–Kier alpha value is -0.890. The van der Waals surface area contributed by atoms with Gasteiger partial charge >= 0.3 is 0 Å². The number of hydrogen-bond acceptors (Lipinski definition) is 5. The summed E-state index contributed by atoms with van der Waals surface area (Å²) in [5, 5.41) is 14.7. The van der Waals surface area contributed by atoms with E-state index in [1.54, 1.807) is 0 Å². The van der Waals surface area contributed by atoms with Gasteiger partial charge in [-0.2, -0.15) is 0 Å². The van der Waals surface area contributed by atoms with Crippen molar-refractivity contribution in [2.75, 3.05) is 19.6 Å². The van der Waals surface area contributed by atoms with Gasteiger partial charge in [0, 0.05) is 24.7 Å². The molecule has 2 unspecified atom stereocenters. The van der Waals surface area contributed by atoms with E-state index < -0.39 is 0 Å². The Kier molecular flexibility index (Phi) is 7.08. The van der Waals surface area contributed by atoms with Gasteiger partial charge < -0.3 is 10.6 Å². The molecule has 1 aliphatic carbocycles. The summed E-state index contributed by atoms with van der Waals surface area (Å²) >= 11 is 0. The van der Waals surface area contributed by atoms with Crippen LogP contribution in [0.1, 0.15) is 55.6 Å². The highest BCUT2D eigenvalue weighted by molar-refractivity contribution is 5.92. The molecule has 3 fully saturated rings. The molecule has 2 saturated heterocycles. The Balaban J connectivity index is 0.00000113. The molecule has 25 heavy (non-hydrogen) atoms. The molecule has 3 aliphatic rings. The molecule has 2 N–H and O–H groups in total. The fourth-order valence-electron chi connectivity index (χ4n) is 3.97. The van der Waals surface area contributed by atoms with Crippen LogP contribution in [0.25, 0.3) is 0 Å². The lowest BCUT2D eigenvalue weighted by Gasteiger charge is -2.22. The number of hydrogen-bond donors (Lipinski definition) is 2. The quantitative estimate of drug-likeness (QED) is 0.812. The summed E-state index contributed by atoms with van der Waals surface area (Å²) in [6, 6.07) is 1.93. The number of halogens is 2. The number of nitrogens with zero attached hydrogens (tertiary/aromatic N) is 4. The van der Waals surface area contributed by atoms with E-state index in [1.165, 1.54) is 12.8 Å². The zero-order valence-electron chi connectivity index (χ0n) is 14.6. The van der Waals surface area contributed by atoms with Crippen molar-refractivity contribution in [3.8, 4) is 0 Å². The number of carbonyl (C=O) groups excluding carboxylic acids is 1. The van der Waals surface area contributed by atoms with Gasteiger partial charge in [-0.25, -0.2) is 4.68 Å². The van der Waals surface area contributed by atoms with Gasteiger partial charge in [0.25, 0.3) is 5.91 Å². The number of aromatic nitrogens is 3. The molecule has 142 valence electrons. The first kappa shape index (κ1) is 20.4. The molecule has 9 heteroatoms. The number of piperidine rings is 1. The molecule has 1 amide bonds. The van der Waals surface area contributed by atoms with Gasteiger partial charge in [0.1, 0.15) is 0 Å². The highest BCUT2D eigenvalue weighted by Gasteiger charge is 2.39. The average Bonchev–Trinajstić information content (AvgIpc) is 3.16. The topological polar surface area (TPSA) is 75.1 Å². The number of likely N-dealkylation sites (tertiary alicyclic amines) is 1. The molecule has 0 radical (unpaired) electrons. The minimum absolute atomic E-state index is 0. The van der Waals surface area contributed by atoms with E-state index in [1.807, 2.05) is 10.9 Å². The van der Waals surface area contributed by atoms with Crippen LogP contribution >= 0.6 is 24.8 Å². The van der Waals surface area contributed by atoms with Crippen molar-refractivity contribution in [1.29, 1.82) is 0 Å². The summed E-state index contributed by atoms with van der Waals surface area (Å²) in [6.07, 6.45) is 7.56. The molecule has 1 aromatic heterocycles. The molecule has 3 heterocycles. The second-order valence-corrected chi connectivity index (χ2v) is 7.25. The van der Waals surface area contributed by atoms with Crippen LogP contribution in [-0.2, 0) is 0 Å². The highest BCUT2D eigenvalue weighted by Crippen LogP contribution is 2.33. The third-order valence-electron chi connectivity index (χ3n) is 5.40. The number of amides is 1. The molecular weight excluding hydrogens is 363 g/mol. The Morgan fingerprint density at radius 1 is 1.20 bits per heavy atom. The van der Waals surface area contributed by atoms with Crippen LogP contribution in [0.15, 0.2) is 6.20 Å². The number of rotatable bonds is 4. The summed E-state index contributed by atoms with van der Waals surface area (Å²) in [5.41, 5.74) is 0.445. The first-order valence-electron chi connectivity index (χ1n) is 8.90.